The molecule has 8 unspecified atom stereocenters. The Kier molecular flexibility index (Phi) is 41.4. The molecule has 8 atom stereocenters. The van der Waals surface area contributed by atoms with Crippen molar-refractivity contribution in [2.45, 2.75) is 127 Å². The molecule has 0 aliphatic carbocycles. The maximum Gasteiger partial charge on any atom is 2.00 e. The van der Waals surface area contributed by atoms with Gasteiger partial charge in [-0.25, -0.2) is 0 Å². The normalized spacial score (nSPS) is 15.7. The number of carbonyl (C=O) groups excluding carboxylic acids is 4. The minimum atomic E-state index is -1.79. The zero-order valence-corrected chi connectivity index (χ0v) is 25.4. The van der Waals surface area contributed by atoms with E-state index in [4.69, 9.17) is 51.1 Å². The summed E-state index contributed by atoms with van der Waals surface area (Å²) >= 11 is 0. The fourth-order valence-electron chi connectivity index (χ4n) is 2.63. The van der Waals surface area contributed by atoms with Gasteiger partial charge in [-0.1, -0.05) is 52.4 Å². The van der Waals surface area contributed by atoms with Crippen molar-refractivity contribution in [3.8, 4) is 0 Å². The molecule has 0 saturated heterocycles. The van der Waals surface area contributed by atoms with E-state index in [1.54, 1.807) is 0 Å². The minimum absolute atomic E-state index is 0. The number of unbranched alkanes of at least 4 members (excludes halogenated alkanes) is 6. The number of hydrogen-bond donors (Lipinski definition) is 10. The Labute approximate surface area is 262 Å². The summed E-state index contributed by atoms with van der Waals surface area (Å²) in [6.45, 7) is 2.67. The van der Waals surface area contributed by atoms with Crippen molar-refractivity contribution in [1.82, 2.24) is 0 Å². The zero-order valence-electron chi connectivity index (χ0n) is 24.5. The van der Waals surface area contributed by atoms with Gasteiger partial charge in [0.25, 0.3) is 0 Å². The van der Waals surface area contributed by atoms with Crippen LogP contribution in [0.1, 0.15) is 78.1 Å². The van der Waals surface area contributed by atoms with Crippen LogP contribution in [0.25, 0.3) is 0 Å². The predicted molar refractivity (Wildman–Crippen MR) is 142 cm³/mol. The first-order valence-corrected chi connectivity index (χ1v) is 13.6. The van der Waals surface area contributed by atoms with Crippen molar-refractivity contribution in [3.63, 3.8) is 0 Å². The summed E-state index contributed by atoms with van der Waals surface area (Å²) in [6.07, 6.45) is -5.09. The summed E-state index contributed by atoms with van der Waals surface area (Å²) in [4.78, 5) is 39.5. The molecule has 0 spiro atoms. The maximum atomic E-state index is 9.90. The molecule has 0 heterocycles. The van der Waals surface area contributed by atoms with Gasteiger partial charge in [0.2, 0.25) is 0 Å². The first kappa shape index (κ1) is 51.0. The Morgan fingerprint density at radius 1 is 0.558 bits per heavy atom. The van der Waals surface area contributed by atoms with Crippen molar-refractivity contribution >= 4 is 24.5 Å². The van der Waals surface area contributed by atoms with Crippen LogP contribution in [0.15, 0.2) is 0 Å². The van der Waals surface area contributed by atoms with Crippen LogP contribution in [0.5, 0.6) is 0 Å². The molecule has 0 amide bonds. The van der Waals surface area contributed by atoms with Crippen LogP contribution in [0, 0.1) is 0 Å². The molecule has 0 rings (SSSR count). The molecular weight excluding hydrogens is 632 g/mol. The molecule has 0 aliphatic heterocycles. The van der Waals surface area contributed by atoms with E-state index in [1.165, 1.54) is 0 Å². The van der Waals surface area contributed by atoms with Gasteiger partial charge in [-0.2, -0.15) is 0 Å². The van der Waals surface area contributed by atoms with Crippen LogP contribution in [0.2, 0.25) is 0 Å². The number of aldehydes is 2. The van der Waals surface area contributed by atoms with Crippen molar-refractivity contribution in [2.24, 2.45) is 0 Å². The molecule has 0 aromatic heterocycles. The summed E-state index contributed by atoms with van der Waals surface area (Å²) in [5, 5.41) is 107. The predicted octanol–water partition coefficient (Wildman–Crippen LogP) is -5.35. The van der Waals surface area contributed by atoms with Crippen LogP contribution in [-0.2, 0) is 36.2 Å². The average Bonchev–Trinajstić information content (AvgIpc) is 2.98. The molecule has 43 heavy (non-hydrogen) atoms. The smallest absolute Gasteiger partial charge is 0.550 e. The topological polar surface area (TPSA) is 317 Å². The van der Waals surface area contributed by atoms with Crippen molar-refractivity contribution in [1.29, 1.82) is 0 Å². The van der Waals surface area contributed by atoms with Gasteiger partial charge in [0.1, 0.15) is 48.8 Å². The van der Waals surface area contributed by atoms with Crippen LogP contribution in [0.4, 0.5) is 0 Å². The summed E-state index contributed by atoms with van der Waals surface area (Å²) in [6, 6.07) is 0. The summed E-state index contributed by atoms with van der Waals surface area (Å²) in [7, 11) is 0. The van der Waals surface area contributed by atoms with Gasteiger partial charge in [-0.05, 0) is 25.7 Å². The van der Waals surface area contributed by atoms with Crippen molar-refractivity contribution in [3.05, 3.63) is 0 Å². The van der Waals surface area contributed by atoms with Gasteiger partial charge < -0.3 is 80.5 Å². The monoisotopic (exact) mass is 681 g/mol. The van der Waals surface area contributed by atoms with E-state index in [0.717, 1.165) is 51.4 Å². The molecule has 0 fully saturated rings. The largest absolute Gasteiger partial charge is 2.00 e. The Bertz CT molecular complexity index is 603. The molecule has 0 aromatic rings. The standard InChI is InChI=1S/2C7H14O2.2C6H12O6.Cu/c2*1-2-3-4-5-6-7(8)9;2*7-1-3(9)5(11)6(12)4(10)2-8;/h2*2-6H2,1H3,(H,8,9);2*1,3-6,8-12H,2H2;/q;;;;+2/p-2. The number of aliphatic hydroxyl groups is 10. The number of carboxylic acid groups (broad SMARTS) is 2. The second kappa shape index (κ2) is 34.9. The molecule has 1 radical (unpaired) electrons. The van der Waals surface area contributed by atoms with E-state index in [9.17, 15) is 29.4 Å². The summed E-state index contributed by atoms with van der Waals surface area (Å²) < 4.78 is 0. The molecule has 17 heteroatoms. The number of rotatable bonds is 20. The number of hydrogen-bond acceptors (Lipinski definition) is 16. The SMILES string of the molecule is CCCCCCC(=O)[O-].CCCCCCC(=O)[O-].O=CC(O)C(O)C(O)C(O)CO.O=CC(O)C(O)C(O)C(O)CO.[Cu+2]. The van der Waals surface area contributed by atoms with Crippen LogP contribution < -0.4 is 10.2 Å². The number of aliphatic hydroxyl groups excluding tert-OH is 10. The number of aliphatic carboxylic acids is 2. The van der Waals surface area contributed by atoms with Gasteiger partial charge >= 0.3 is 17.1 Å². The van der Waals surface area contributed by atoms with E-state index < -0.39 is 74.0 Å². The van der Waals surface area contributed by atoms with E-state index >= 15 is 0 Å². The molecule has 0 saturated carbocycles. The van der Waals surface area contributed by atoms with Gasteiger partial charge in [0.15, 0.2) is 12.6 Å². The first-order valence-electron chi connectivity index (χ1n) is 13.6. The zero-order chi connectivity index (χ0) is 33.7. The van der Waals surface area contributed by atoms with Crippen LogP contribution >= 0.6 is 0 Å². The van der Waals surface area contributed by atoms with Gasteiger partial charge in [-0.15, -0.1) is 0 Å². The van der Waals surface area contributed by atoms with E-state index in [0.29, 0.717) is 0 Å². The van der Waals surface area contributed by atoms with Crippen LogP contribution in [-0.4, -0.2) is 138 Å². The summed E-state index contributed by atoms with van der Waals surface area (Å²) in [5.74, 6) is -1.85. The Morgan fingerprint density at radius 2 is 0.837 bits per heavy atom. The summed E-state index contributed by atoms with van der Waals surface area (Å²) in [5.41, 5.74) is 0. The average molecular weight is 682 g/mol. The van der Waals surface area contributed by atoms with Gasteiger partial charge in [0.05, 0.1) is 13.2 Å². The van der Waals surface area contributed by atoms with E-state index in [2.05, 4.69) is 13.8 Å². The molecule has 0 bridgehead atoms. The Balaban J connectivity index is -0.000000150. The van der Waals surface area contributed by atoms with Gasteiger partial charge in [0, 0.05) is 11.9 Å². The second-order valence-corrected chi connectivity index (χ2v) is 9.08. The molecule has 10 N–H and O–H groups in total. The molecule has 261 valence electrons. The van der Waals surface area contributed by atoms with Crippen molar-refractivity contribution < 1.29 is 97.5 Å². The third-order valence-corrected chi connectivity index (χ3v) is 5.31. The van der Waals surface area contributed by atoms with Crippen molar-refractivity contribution in [2.75, 3.05) is 13.2 Å². The van der Waals surface area contributed by atoms with E-state index in [1.807, 2.05) is 0 Å². The first-order chi connectivity index (χ1) is 19.6. The molecule has 0 aliphatic rings. The van der Waals surface area contributed by atoms with E-state index in [-0.39, 0.29) is 42.5 Å². The maximum absolute atomic E-state index is 9.90. The molecule has 0 aromatic carbocycles. The number of carbonyl (C=O) groups is 4. The Morgan fingerprint density at radius 3 is 1.02 bits per heavy atom. The molecule has 16 nitrogen and oxygen atoms in total. The quantitative estimate of drug-likeness (QED) is 0.0326. The fourth-order valence-corrected chi connectivity index (χ4v) is 2.63. The Hall–Kier alpha value is -1.60. The fraction of sp³-hybridized carbons (Fsp3) is 0.846. The third kappa shape index (κ3) is 33.1. The third-order valence-electron chi connectivity index (χ3n) is 5.31. The second-order valence-electron chi connectivity index (χ2n) is 9.08. The number of carboxylic acids is 2. The molecular formula is C26H50CuO16. The minimum Gasteiger partial charge on any atom is -0.550 e. The van der Waals surface area contributed by atoms with Crippen LogP contribution in [0.3, 0.4) is 0 Å². The van der Waals surface area contributed by atoms with Gasteiger partial charge in [-0.3, -0.25) is 0 Å².